The lowest BCUT2D eigenvalue weighted by Crippen LogP contribution is -2.17. The molecule has 0 bridgehead atoms. The van der Waals surface area contributed by atoms with Crippen LogP contribution in [0.25, 0.3) is 0 Å². The van der Waals surface area contributed by atoms with Gasteiger partial charge in [-0.3, -0.25) is 4.79 Å². The Hall–Kier alpha value is -1.15. The number of hydrogen-bond donors (Lipinski definition) is 0. The molecule has 2 nitrogen and oxygen atoms in total. The number of carbonyl (C=O) groups excluding carboxylic acids is 1. The van der Waals surface area contributed by atoms with E-state index in [1.807, 2.05) is 30.3 Å². The summed E-state index contributed by atoms with van der Waals surface area (Å²) in [6.07, 6.45) is 2.63. The van der Waals surface area contributed by atoms with Crippen molar-refractivity contribution in [3.63, 3.8) is 0 Å². The number of benzene rings is 1. The van der Waals surface area contributed by atoms with Gasteiger partial charge in [0.05, 0.1) is 0 Å². The topological polar surface area (TPSA) is 29.6 Å². The van der Waals surface area contributed by atoms with Gasteiger partial charge in [0, 0.05) is 6.42 Å². The highest BCUT2D eigenvalue weighted by Gasteiger charge is 2.63. The van der Waals surface area contributed by atoms with E-state index in [9.17, 15) is 4.79 Å². The predicted octanol–water partition coefficient (Wildman–Crippen LogP) is 2.25. The fourth-order valence-corrected chi connectivity index (χ4v) is 2.41. The zero-order valence-electron chi connectivity index (χ0n) is 7.90. The zero-order chi connectivity index (χ0) is 9.60. The lowest BCUT2D eigenvalue weighted by Gasteiger charge is -1.99. The molecule has 1 spiro atoms. The molecule has 0 aromatic heterocycles. The van der Waals surface area contributed by atoms with E-state index in [0.717, 1.165) is 18.4 Å². The maximum absolute atomic E-state index is 11.6. The van der Waals surface area contributed by atoms with Crippen molar-refractivity contribution < 1.29 is 9.53 Å². The molecule has 1 aliphatic carbocycles. The van der Waals surface area contributed by atoms with Gasteiger partial charge in [0.2, 0.25) is 0 Å². The van der Waals surface area contributed by atoms with Gasteiger partial charge in [0.15, 0.2) is 11.4 Å². The van der Waals surface area contributed by atoms with Crippen molar-refractivity contribution in [2.45, 2.75) is 31.0 Å². The number of Topliss-reactive ketones (excluding diaryl/α,β-unsaturated/α-hetero) is 1. The molecule has 2 aliphatic rings. The zero-order valence-corrected chi connectivity index (χ0v) is 7.90. The van der Waals surface area contributed by atoms with Crippen LogP contribution in [0.4, 0.5) is 0 Å². The fraction of sp³-hybridized carbons (Fsp3) is 0.417. The molecule has 1 aromatic carbocycles. The van der Waals surface area contributed by atoms with Crippen molar-refractivity contribution in [3.05, 3.63) is 35.9 Å². The van der Waals surface area contributed by atoms with Crippen LogP contribution in [0.2, 0.25) is 0 Å². The van der Waals surface area contributed by atoms with Crippen LogP contribution in [-0.4, -0.2) is 11.4 Å². The van der Waals surface area contributed by atoms with Crippen molar-refractivity contribution in [3.8, 4) is 0 Å². The molecule has 1 aromatic rings. The van der Waals surface area contributed by atoms with Crippen molar-refractivity contribution in [2.75, 3.05) is 0 Å². The Morgan fingerprint density at radius 1 is 1.29 bits per heavy atom. The lowest BCUT2D eigenvalue weighted by molar-refractivity contribution is -0.121. The molecule has 0 amide bonds. The second kappa shape index (κ2) is 2.67. The van der Waals surface area contributed by atoms with Crippen molar-refractivity contribution >= 4 is 5.78 Å². The van der Waals surface area contributed by atoms with Crippen LogP contribution in [0, 0.1) is 0 Å². The molecule has 1 aliphatic heterocycles. The summed E-state index contributed by atoms with van der Waals surface area (Å²) < 4.78 is 5.61. The van der Waals surface area contributed by atoms with Gasteiger partial charge in [0.1, 0.15) is 6.10 Å². The van der Waals surface area contributed by atoms with Crippen LogP contribution in [0.3, 0.4) is 0 Å². The highest BCUT2D eigenvalue weighted by molar-refractivity contribution is 5.92. The van der Waals surface area contributed by atoms with E-state index < -0.39 is 5.60 Å². The molecule has 2 atom stereocenters. The van der Waals surface area contributed by atoms with Gasteiger partial charge in [-0.15, -0.1) is 0 Å². The summed E-state index contributed by atoms with van der Waals surface area (Å²) >= 11 is 0. The molecule has 0 N–H and O–H groups in total. The summed E-state index contributed by atoms with van der Waals surface area (Å²) in [7, 11) is 0. The van der Waals surface area contributed by atoms with Crippen LogP contribution in [0.1, 0.15) is 30.9 Å². The molecule has 2 unspecified atom stereocenters. The SMILES string of the molecule is O=C1CCCC12OC2c1ccccc1. The minimum Gasteiger partial charge on any atom is -0.353 e. The van der Waals surface area contributed by atoms with Crippen molar-refractivity contribution in [1.29, 1.82) is 0 Å². The third-order valence-corrected chi connectivity index (χ3v) is 3.22. The molecule has 2 fully saturated rings. The highest BCUT2D eigenvalue weighted by Crippen LogP contribution is 2.56. The van der Waals surface area contributed by atoms with Gasteiger partial charge >= 0.3 is 0 Å². The van der Waals surface area contributed by atoms with Gasteiger partial charge in [-0.2, -0.15) is 0 Å². The lowest BCUT2D eigenvalue weighted by atomic mass is 9.97. The first-order valence-corrected chi connectivity index (χ1v) is 5.09. The van der Waals surface area contributed by atoms with Gasteiger partial charge < -0.3 is 4.74 Å². The fourth-order valence-electron chi connectivity index (χ4n) is 2.41. The maximum Gasteiger partial charge on any atom is 0.167 e. The van der Waals surface area contributed by atoms with Crippen LogP contribution < -0.4 is 0 Å². The van der Waals surface area contributed by atoms with Crippen LogP contribution >= 0.6 is 0 Å². The number of carbonyl (C=O) groups is 1. The molecular formula is C12H12O2. The summed E-state index contributed by atoms with van der Waals surface area (Å²) in [5.74, 6) is 0.298. The van der Waals surface area contributed by atoms with Crippen LogP contribution in [-0.2, 0) is 9.53 Å². The van der Waals surface area contributed by atoms with Gasteiger partial charge in [0.25, 0.3) is 0 Å². The number of rotatable bonds is 1. The Morgan fingerprint density at radius 2 is 2.07 bits per heavy atom. The molecule has 2 heteroatoms. The normalized spacial score (nSPS) is 35.1. The molecule has 1 saturated heterocycles. The number of ketones is 1. The monoisotopic (exact) mass is 188 g/mol. The van der Waals surface area contributed by atoms with Crippen molar-refractivity contribution in [2.24, 2.45) is 0 Å². The second-order valence-electron chi connectivity index (χ2n) is 4.07. The minimum atomic E-state index is -0.415. The largest absolute Gasteiger partial charge is 0.353 e. The van der Waals surface area contributed by atoms with E-state index in [1.165, 1.54) is 0 Å². The molecule has 1 heterocycles. The van der Waals surface area contributed by atoms with Crippen LogP contribution in [0.5, 0.6) is 0 Å². The second-order valence-corrected chi connectivity index (χ2v) is 4.07. The minimum absolute atomic E-state index is 0.0405. The van der Waals surface area contributed by atoms with E-state index in [-0.39, 0.29) is 6.10 Å². The Labute approximate surface area is 82.9 Å². The Bertz CT molecular complexity index is 371. The first kappa shape index (κ1) is 8.18. The van der Waals surface area contributed by atoms with Crippen molar-refractivity contribution in [1.82, 2.24) is 0 Å². The van der Waals surface area contributed by atoms with Gasteiger partial charge in [-0.05, 0) is 18.4 Å². The van der Waals surface area contributed by atoms with E-state index >= 15 is 0 Å². The van der Waals surface area contributed by atoms with E-state index in [1.54, 1.807) is 0 Å². The van der Waals surface area contributed by atoms with E-state index in [0.29, 0.717) is 12.2 Å². The van der Waals surface area contributed by atoms with Gasteiger partial charge in [-0.25, -0.2) is 0 Å². The summed E-state index contributed by atoms with van der Waals surface area (Å²) in [5.41, 5.74) is 0.726. The molecule has 1 saturated carbocycles. The highest BCUT2D eigenvalue weighted by atomic mass is 16.6. The summed E-state index contributed by atoms with van der Waals surface area (Å²) in [4.78, 5) is 11.6. The summed E-state index contributed by atoms with van der Waals surface area (Å²) in [6.45, 7) is 0. The molecule has 72 valence electrons. The van der Waals surface area contributed by atoms with Gasteiger partial charge in [-0.1, -0.05) is 30.3 Å². The first-order chi connectivity index (χ1) is 6.83. The number of hydrogen-bond acceptors (Lipinski definition) is 2. The Morgan fingerprint density at radius 3 is 2.71 bits per heavy atom. The number of ether oxygens (including phenoxy) is 1. The van der Waals surface area contributed by atoms with Crippen LogP contribution in [0.15, 0.2) is 30.3 Å². The van der Waals surface area contributed by atoms with E-state index in [4.69, 9.17) is 4.74 Å². The third kappa shape index (κ3) is 0.976. The smallest absolute Gasteiger partial charge is 0.167 e. The Balaban J connectivity index is 1.89. The average Bonchev–Trinajstić information content (AvgIpc) is 2.84. The maximum atomic E-state index is 11.6. The first-order valence-electron chi connectivity index (χ1n) is 5.09. The summed E-state index contributed by atoms with van der Waals surface area (Å²) in [6, 6.07) is 10.0. The molecule has 3 rings (SSSR count). The molecule has 14 heavy (non-hydrogen) atoms. The Kier molecular flexibility index (Phi) is 1.56. The standard InChI is InChI=1S/C12H12O2/c13-10-7-4-8-12(10)11(14-12)9-5-2-1-3-6-9/h1-3,5-6,11H,4,7-8H2. The average molecular weight is 188 g/mol. The number of epoxide rings is 1. The quantitative estimate of drug-likeness (QED) is 0.632. The molecule has 0 radical (unpaired) electrons. The third-order valence-electron chi connectivity index (χ3n) is 3.22. The molecular weight excluding hydrogens is 176 g/mol. The summed E-state index contributed by atoms with van der Waals surface area (Å²) in [5, 5.41) is 0. The predicted molar refractivity (Wildman–Crippen MR) is 51.9 cm³/mol. The van der Waals surface area contributed by atoms with E-state index in [2.05, 4.69) is 0 Å².